The summed E-state index contributed by atoms with van der Waals surface area (Å²) in [5.41, 5.74) is 2.15. The first-order chi connectivity index (χ1) is 7.34. The first kappa shape index (κ1) is 13.7. The summed E-state index contributed by atoms with van der Waals surface area (Å²) in [6.45, 7) is 0. The molecule has 2 rings (SSSR count). The molecule has 0 bridgehead atoms. The Bertz CT molecular complexity index is 469. The van der Waals surface area contributed by atoms with Crippen molar-refractivity contribution < 1.29 is 57.9 Å². The third-order valence-corrected chi connectivity index (χ3v) is 2.14. The summed E-state index contributed by atoms with van der Waals surface area (Å²) in [6.07, 6.45) is 4.00. The molecule has 0 saturated heterocycles. The Kier molecular flexibility index (Phi) is 6.02. The minimum atomic E-state index is 0. The average Bonchev–Trinajstić information content (AvgIpc) is 2.28. The van der Waals surface area contributed by atoms with E-state index in [1.165, 1.54) is 0 Å². The maximum absolute atomic E-state index is 9.28. The van der Waals surface area contributed by atoms with Gasteiger partial charge in [0.25, 0.3) is 0 Å². The summed E-state index contributed by atoms with van der Waals surface area (Å²) in [7, 11) is 0. The van der Waals surface area contributed by atoms with Crippen molar-refractivity contribution in [3.8, 4) is 5.75 Å². The van der Waals surface area contributed by atoms with E-state index in [0.717, 1.165) is 11.1 Å². The predicted molar refractivity (Wildman–Crippen MR) is 64.6 cm³/mol. The van der Waals surface area contributed by atoms with Crippen molar-refractivity contribution in [2.24, 2.45) is 0 Å². The van der Waals surface area contributed by atoms with Gasteiger partial charge >= 0.3 is 51.4 Å². The molecule has 1 N–H and O–H groups in total. The van der Waals surface area contributed by atoms with E-state index in [1.807, 2.05) is 54.6 Å². The van der Waals surface area contributed by atoms with E-state index in [1.54, 1.807) is 12.1 Å². The Hall–Kier alpha value is -0.384. The van der Waals surface area contributed by atoms with E-state index in [-0.39, 0.29) is 52.8 Å². The maximum atomic E-state index is 9.28. The summed E-state index contributed by atoms with van der Waals surface area (Å²) in [5, 5.41) is 9.28. The van der Waals surface area contributed by atoms with Gasteiger partial charge in [-0.3, -0.25) is 0 Å². The van der Waals surface area contributed by atoms with E-state index in [0.29, 0.717) is 5.75 Å². The molecule has 0 amide bonds. The zero-order valence-corrected chi connectivity index (χ0v) is 12.4. The second-order valence-corrected chi connectivity index (χ2v) is 3.34. The third-order valence-electron chi connectivity index (χ3n) is 2.14. The fourth-order valence-electron chi connectivity index (χ4n) is 1.39. The van der Waals surface area contributed by atoms with E-state index in [4.69, 9.17) is 0 Å². The molecule has 0 saturated carbocycles. The fraction of sp³-hybridized carbons (Fsp3) is 0. The van der Waals surface area contributed by atoms with Crippen LogP contribution in [-0.4, -0.2) is 5.11 Å². The van der Waals surface area contributed by atoms with Crippen LogP contribution < -0.4 is 51.4 Å². The number of aromatic hydroxyl groups is 1. The van der Waals surface area contributed by atoms with Gasteiger partial charge in [0.1, 0.15) is 5.75 Å². The topological polar surface area (TPSA) is 20.2 Å². The zero-order valence-electron chi connectivity index (χ0n) is 10.3. The normalized spacial score (nSPS) is 10.0. The Balaban J connectivity index is 0.00000128. The van der Waals surface area contributed by atoms with Crippen LogP contribution in [0.2, 0.25) is 0 Å². The number of phenolic OH excluding ortho intramolecular Hbond substituents is 1. The van der Waals surface area contributed by atoms with Gasteiger partial charge in [0.2, 0.25) is 0 Å². The SMILES string of the molecule is Oc1cccc(/C=C/c2ccccc2)c1.[H-].[K+]. The first-order valence-corrected chi connectivity index (χ1v) is 4.87. The Morgan fingerprint density at radius 1 is 0.812 bits per heavy atom. The second kappa shape index (κ2) is 7.04. The molecule has 0 spiro atoms. The zero-order chi connectivity index (χ0) is 10.5. The van der Waals surface area contributed by atoms with Crippen LogP contribution in [0.25, 0.3) is 12.2 Å². The van der Waals surface area contributed by atoms with Crippen molar-refractivity contribution in [2.75, 3.05) is 0 Å². The molecule has 0 aliphatic rings. The van der Waals surface area contributed by atoms with Gasteiger partial charge in [-0.05, 0) is 23.3 Å². The van der Waals surface area contributed by atoms with Crippen LogP contribution >= 0.6 is 0 Å². The molecule has 0 heterocycles. The molecule has 0 fully saturated rings. The quantitative estimate of drug-likeness (QED) is 0.600. The largest absolute Gasteiger partial charge is 1.00 e. The number of benzene rings is 2. The van der Waals surface area contributed by atoms with Gasteiger partial charge in [-0.25, -0.2) is 0 Å². The minimum Gasteiger partial charge on any atom is -1.00 e. The monoisotopic (exact) mass is 236 g/mol. The van der Waals surface area contributed by atoms with Gasteiger partial charge < -0.3 is 6.53 Å². The molecule has 0 aliphatic carbocycles. The van der Waals surface area contributed by atoms with E-state index < -0.39 is 0 Å². The number of hydrogen-bond acceptors (Lipinski definition) is 1. The van der Waals surface area contributed by atoms with Crippen molar-refractivity contribution in [1.82, 2.24) is 0 Å². The van der Waals surface area contributed by atoms with Gasteiger partial charge in [-0.15, -0.1) is 0 Å². The van der Waals surface area contributed by atoms with E-state index >= 15 is 0 Å². The standard InChI is InChI=1S/C14H12O.K.H/c15-14-8-4-7-13(11-14)10-9-12-5-2-1-3-6-12;;/h1-11,15H;;/q;+1;-1/b10-9+;;. The van der Waals surface area contributed by atoms with E-state index in [9.17, 15) is 5.11 Å². The molecule has 2 aromatic carbocycles. The molecule has 2 heteroatoms. The molecular formula is C14H13KO. The average molecular weight is 236 g/mol. The van der Waals surface area contributed by atoms with Gasteiger partial charge in [-0.1, -0.05) is 54.6 Å². The van der Waals surface area contributed by atoms with Crippen molar-refractivity contribution >= 4 is 12.2 Å². The minimum absolute atomic E-state index is 0. The molecule has 1 nitrogen and oxygen atoms in total. The van der Waals surface area contributed by atoms with Crippen LogP contribution in [-0.2, 0) is 0 Å². The number of hydrogen-bond donors (Lipinski definition) is 1. The van der Waals surface area contributed by atoms with E-state index in [2.05, 4.69) is 0 Å². The van der Waals surface area contributed by atoms with Crippen molar-refractivity contribution in [1.29, 1.82) is 0 Å². The molecule has 0 aliphatic heterocycles. The Morgan fingerprint density at radius 2 is 1.44 bits per heavy atom. The predicted octanol–water partition coefficient (Wildman–Crippen LogP) is 0.679. The molecule has 0 unspecified atom stereocenters. The van der Waals surface area contributed by atoms with Gasteiger partial charge in [0.05, 0.1) is 0 Å². The third kappa shape index (κ3) is 4.24. The van der Waals surface area contributed by atoms with Crippen molar-refractivity contribution in [2.45, 2.75) is 0 Å². The van der Waals surface area contributed by atoms with Crippen LogP contribution in [0.4, 0.5) is 0 Å². The summed E-state index contributed by atoms with van der Waals surface area (Å²) < 4.78 is 0. The van der Waals surface area contributed by atoms with Crippen molar-refractivity contribution in [3.63, 3.8) is 0 Å². The van der Waals surface area contributed by atoms with Gasteiger partial charge in [0.15, 0.2) is 0 Å². The van der Waals surface area contributed by atoms with Gasteiger partial charge in [0, 0.05) is 0 Å². The molecule has 16 heavy (non-hydrogen) atoms. The van der Waals surface area contributed by atoms with Crippen molar-refractivity contribution in [3.05, 3.63) is 65.7 Å². The summed E-state index contributed by atoms with van der Waals surface area (Å²) >= 11 is 0. The van der Waals surface area contributed by atoms with Crippen LogP contribution in [0.1, 0.15) is 12.6 Å². The summed E-state index contributed by atoms with van der Waals surface area (Å²) in [6, 6.07) is 17.3. The molecule has 0 radical (unpaired) electrons. The number of rotatable bonds is 2. The van der Waals surface area contributed by atoms with Crippen LogP contribution in [0, 0.1) is 0 Å². The van der Waals surface area contributed by atoms with Crippen LogP contribution in [0.15, 0.2) is 54.6 Å². The fourth-order valence-corrected chi connectivity index (χ4v) is 1.39. The summed E-state index contributed by atoms with van der Waals surface area (Å²) in [4.78, 5) is 0. The van der Waals surface area contributed by atoms with Crippen LogP contribution in [0.5, 0.6) is 5.75 Å². The van der Waals surface area contributed by atoms with Crippen LogP contribution in [0.3, 0.4) is 0 Å². The van der Waals surface area contributed by atoms with Gasteiger partial charge in [-0.2, -0.15) is 0 Å². The number of phenols is 1. The summed E-state index contributed by atoms with van der Waals surface area (Å²) in [5.74, 6) is 0.296. The molecule has 2 aromatic rings. The second-order valence-electron chi connectivity index (χ2n) is 3.34. The smallest absolute Gasteiger partial charge is 1.00 e. The maximum Gasteiger partial charge on any atom is 1.00 e. The Morgan fingerprint density at radius 3 is 2.12 bits per heavy atom. The molecule has 76 valence electrons. The molecular weight excluding hydrogens is 223 g/mol. The molecule has 0 aromatic heterocycles. The molecule has 0 atom stereocenters. The first-order valence-electron chi connectivity index (χ1n) is 4.87. The Labute approximate surface area is 140 Å².